The van der Waals surface area contributed by atoms with Crippen molar-refractivity contribution in [3.63, 3.8) is 0 Å². The Morgan fingerprint density at radius 1 is 1.62 bits per heavy atom. The van der Waals surface area contributed by atoms with Crippen molar-refractivity contribution >= 4 is 39.4 Å². The third-order valence-electron chi connectivity index (χ3n) is 1.44. The number of anilines is 1. The molecular weight excluding hydrogens is 260 g/mol. The van der Waals surface area contributed by atoms with E-state index in [9.17, 15) is 9.18 Å². The van der Waals surface area contributed by atoms with Crippen molar-refractivity contribution in [1.82, 2.24) is 0 Å². The highest BCUT2D eigenvalue weighted by Crippen LogP contribution is 2.22. The van der Waals surface area contributed by atoms with Crippen molar-refractivity contribution in [1.29, 1.82) is 0 Å². The zero-order valence-corrected chi connectivity index (χ0v) is 8.82. The Bertz CT molecular complexity index is 332. The van der Waals surface area contributed by atoms with Crippen LogP contribution in [0.25, 0.3) is 0 Å². The van der Waals surface area contributed by atoms with E-state index in [-0.39, 0.29) is 0 Å². The van der Waals surface area contributed by atoms with Gasteiger partial charge in [0.05, 0.1) is 0 Å². The Morgan fingerprint density at radius 3 is 2.77 bits per heavy atom. The molecule has 2 nitrogen and oxygen atoms in total. The summed E-state index contributed by atoms with van der Waals surface area (Å²) in [6, 6.07) is 4.89. The monoisotopic (exact) mass is 265 g/mol. The molecule has 0 radical (unpaired) electrons. The summed E-state index contributed by atoms with van der Waals surface area (Å²) >= 11 is 8.84. The number of alkyl halides is 1. The van der Waals surface area contributed by atoms with Gasteiger partial charge >= 0.3 is 6.16 Å². The maximum absolute atomic E-state index is 11.9. The van der Waals surface area contributed by atoms with Crippen molar-refractivity contribution in [3.8, 4) is 0 Å². The van der Waals surface area contributed by atoms with Gasteiger partial charge < -0.3 is 0 Å². The van der Waals surface area contributed by atoms with Crippen molar-refractivity contribution in [2.45, 2.75) is 5.88 Å². The van der Waals surface area contributed by atoms with Crippen LogP contribution in [0.3, 0.4) is 0 Å². The molecule has 0 saturated heterocycles. The van der Waals surface area contributed by atoms with Gasteiger partial charge in [-0.15, -0.1) is 16.0 Å². The summed E-state index contributed by atoms with van der Waals surface area (Å²) in [5.74, 6) is 0.366. The van der Waals surface area contributed by atoms with Gasteiger partial charge in [0.1, 0.15) is 0 Å². The van der Waals surface area contributed by atoms with E-state index in [2.05, 4.69) is 15.9 Å². The maximum atomic E-state index is 11.9. The number of amides is 1. The molecule has 0 atom stereocenters. The first-order chi connectivity index (χ1) is 6.13. The molecule has 5 heteroatoms. The highest BCUT2D eigenvalue weighted by Gasteiger charge is 2.02. The number of carbonyl (C=O) groups excluding carboxylic acids is 1. The largest absolute Gasteiger partial charge is 0.401 e. The fourth-order valence-electron chi connectivity index (χ4n) is 0.847. The molecule has 0 heterocycles. The normalized spacial score (nSPS) is 9.77. The second-order valence-electron chi connectivity index (χ2n) is 2.34. The Kier molecular flexibility index (Phi) is 3.69. The Morgan fingerprint density at radius 2 is 2.31 bits per heavy atom. The third kappa shape index (κ3) is 2.97. The van der Waals surface area contributed by atoms with Crippen molar-refractivity contribution in [3.05, 3.63) is 28.2 Å². The molecular formula is C8H6BrClFNO. The van der Waals surface area contributed by atoms with Gasteiger partial charge in [0, 0.05) is 16.0 Å². The number of carbonyl (C=O) groups is 1. The minimum absolute atomic E-state index is 0.366. The van der Waals surface area contributed by atoms with Gasteiger partial charge in [-0.1, -0.05) is 22.0 Å². The van der Waals surface area contributed by atoms with Gasteiger partial charge in [0.2, 0.25) is 0 Å². The van der Waals surface area contributed by atoms with Crippen molar-refractivity contribution < 1.29 is 9.18 Å². The van der Waals surface area contributed by atoms with Crippen LogP contribution in [0.5, 0.6) is 0 Å². The van der Waals surface area contributed by atoms with E-state index in [1.165, 1.54) is 0 Å². The number of benzene rings is 1. The lowest BCUT2D eigenvalue weighted by Crippen LogP contribution is -2.02. The molecule has 0 spiro atoms. The Balaban J connectivity index is 2.89. The molecule has 0 aliphatic rings. The first-order valence-electron chi connectivity index (χ1n) is 3.44. The summed E-state index contributed by atoms with van der Waals surface area (Å²) in [6.07, 6.45) is -1.58. The van der Waals surface area contributed by atoms with E-state index >= 15 is 0 Å². The van der Waals surface area contributed by atoms with Crippen LogP contribution in [0.4, 0.5) is 14.9 Å². The number of rotatable bonds is 2. The molecule has 0 aliphatic carbocycles. The number of halogens is 3. The molecule has 0 aliphatic heterocycles. The smallest absolute Gasteiger partial charge is 0.298 e. The minimum Gasteiger partial charge on any atom is -0.298 e. The van der Waals surface area contributed by atoms with Gasteiger partial charge in [0.15, 0.2) is 0 Å². The lowest BCUT2D eigenvalue weighted by atomic mass is 10.2. The Hall–Kier alpha value is -0.610. The second-order valence-corrected chi connectivity index (χ2v) is 3.46. The summed E-state index contributed by atoms with van der Waals surface area (Å²) in [5, 5.41) is 2.02. The van der Waals surface area contributed by atoms with Crippen LogP contribution in [0.15, 0.2) is 22.7 Å². The first-order valence-corrected chi connectivity index (χ1v) is 4.77. The van der Waals surface area contributed by atoms with Crippen LogP contribution < -0.4 is 5.32 Å². The van der Waals surface area contributed by atoms with Crippen LogP contribution in [0, 0.1) is 0 Å². The maximum Gasteiger partial charge on any atom is 0.401 e. The van der Waals surface area contributed by atoms with E-state index in [1.54, 1.807) is 18.2 Å². The Labute approximate surface area is 88.2 Å². The number of nitrogens with one attached hydrogen (secondary N) is 1. The summed E-state index contributed by atoms with van der Waals surface area (Å²) in [6.45, 7) is 0. The number of hydrogen-bond donors (Lipinski definition) is 1. The molecule has 0 fully saturated rings. The molecule has 13 heavy (non-hydrogen) atoms. The van der Waals surface area contributed by atoms with E-state index in [0.29, 0.717) is 11.6 Å². The van der Waals surface area contributed by atoms with Gasteiger partial charge in [0.25, 0.3) is 0 Å². The van der Waals surface area contributed by atoms with Gasteiger partial charge in [-0.25, -0.2) is 4.79 Å². The molecule has 70 valence electrons. The van der Waals surface area contributed by atoms with Gasteiger partial charge in [-0.05, 0) is 17.7 Å². The highest BCUT2D eigenvalue weighted by atomic mass is 79.9. The van der Waals surface area contributed by atoms with Gasteiger partial charge in [-0.3, -0.25) is 5.32 Å². The van der Waals surface area contributed by atoms with Gasteiger partial charge in [-0.2, -0.15) is 0 Å². The van der Waals surface area contributed by atoms with Crippen LogP contribution in [-0.2, 0) is 5.88 Å². The van der Waals surface area contributed by atoms with Crippen LogP contribution in [0.1, 0.15) is 5.56 Å². The average Bonchev–Trinajstić information content (AvgIpc) is 2.03. The molecule has 1 N–H and O–H groups in total. The predicted molar refractivity (Wildman–Crippen MR) is 53.8 cm³/mol. The fraction of sp³-hybridized carbons (Fsp3) is 0.125. The van der Waals surface area contributed by atoms with Crippen molar-refractivity contribution in [2.75, 3.05) is 5.32 Å². The van der Waals surface area contributed by atoms with E-state index in [4.69, 9.17) is 11.6 Å². The lowest BCUT2D eigenvalue weighted by molar-refractivity contribution is 0.235. The summed E-state index contributed by atoms with van der Waals surface area (Å²) in [5.41, 5.74) is 1.28. The average molecular weight is 266 g/mol. The van der Waals surface area contributed by atoms with Crippen molar-refractivity contribution in [2.24, 2.45) is 0 Å². The second kappa shape index (κ2) is 4.58. The summed E-state index contributed by atoms with van der Waals surface area (Å²) in [7, 11) is 0. The molecule has 1 rings (SSSR count). The first kappa shape index (κ1) is 10.5. The lowest BCUT2D eigenvalue weighted by Gasteiger charge is -2.03. The SMILES string of the molecule is O=C(F)Nc1ccc(CCl)c(Br)c1. The molecule has 1 amide bonds. The quantitative estimate of drug-likeness (QED) is 0.494. The van der Waals surface area contributed by atoms with Crippen LogP contribution >= 0.6 is 27.5 Å². The van der Waals surface area contributed by atoms with Crippen LogP contribution in [0.2, 0.25) is 0 Å². The third-order valence-corrected chi connectivity index (χ3v) is 2.47. The molecule has 0 aromatic heterocycles. The predicted octanol–water partition coefficient (Wildman–Crippen LogP) is 3.69. The molecule has 1 aromatic rings. The molecule has 0 saturated carbocycles. The topological polar surface area (TPSA) is 29.1 Å². The summed E-state index contributed by atoms with van der Waals surface area (Å²) in [4.78, 5) is 10.1. The standard InChI is InChI=1S/C8H6BrClFNO/c9-7-3-6(12-8(11)13)2-1-5(7)4-10/h1-3H,4H2,(H,12,13). The molecule has 0 unspecified atom stereocenters. The number of hydrogen-bond acceptors (Lipinski definition) is 1. The van der Waals surface area contributed by atoms with E-state index < -0.39 is 6.16 Å². The van der Waals surface area contributed by atoms with E-state index in [0.717, 1.165) is 10.0 Å². The summed E-state index contributed by atoms with van der Waals surface area (Å²) < 4.78 is 12.7. The van der Waals surface area contributed by atoms with Crippen LogP contribution in [-0.4, -0.2) is 6.16 Å². The molecule has 1 aromatic carbocycles. The fourth-order valence-corrected chi connectivity index (χ4v) is 1.76. The highest BCUT2D eigenvalue weighted by molar-refractivity contribution is 9.10. The molecule has 0 bridgehead atoms. The zero-order valence-electron chi connectivity index (χ0n) is 6.48. The minimum atomic E-state index is -1.58. The van der Waals surface area contributed by atoms with E-state index in [1.807, 2.05) is 5.32 Å². The zero-order chi connectivity index (χ0) is 9.84.